The second-order valence-corrected chi connectivity index (χ2v) is 10.4. The molecule has 2 unspecified atom stereocenters. The summed E-state index contributed by atoms with van der Waals surface area (Å²) in [6.07, 6.45) is 2.60. The van der Waals surface area contributed by atoms with Crippen LogP contribution < -0.4 is 10.5 Å². The Balaban J connectivity index is 2.17. The Morgan fingerprint density at radius 2 is 1.94 bits per heavy atom. The quantitative estimate of drug-likeness (QED) is 0.481. The molecule has 0 radical (unpaired) electrons. The van der Waals surface area contributed by atoms with Gasteiger partial charge in [0, 0.05) is 31.7 Å². The van der Waals surface area contributed by atoms with E-state index in [9.17, 15) is 19.6 Å². The highest BCUT2D eigenvalue weighted by Gasteiger charge is 2.34. The van der Waals surface area contributed by atoms with Gasteiger partial charge in [-0.05, 0) is 43.7 Å². The summed E-state index contributed by atoms with van der Waals surface area (Å²) < 4.78 is 1.92. The minimum atomic E-state index is -1.01. The van der Waals surface area contributed by atoms with Gasteiger partial charge in [-0.2, -0.15) is 5.26 Å². The van der Waals surface area contributed by atoms with Gasteiger partial charge < -0.3 is 10.0 Å². The maximum absolute atomic E-state index is 13.1. The summed E-state index contributed by atoms with van der Waals surface area (Å²) in [7, 11) is 0. The minimum Gasteiger partial charge on any atom is -0.481 e. The fourth-order valence-corrected chi connectivity index (χ4v) is 5.94. The van der Waals surface area contributed by atoms with Crippen molar-refractivity contribution in [3.8, 4) is 6.07 Å². The molecule has 0 aromatic carbocycles. The lowest BCUT2D eigenvalue weighted by atomic mass is 9.91. The Hall–Kier alpha value is -2.64. The summed E-state index contributed by atoms with van der Waals surface area (Å²) >= 11 is 6.43. The predicted octanol–water partition coefficient (Wildman–Crippen LogP) is 3.21. The number of nitriles is 1. The molecule has 2 saturated heterocycles. The van der Waals surface area contributed by atoms with Gasteiger partial charge in [-0.3, -0.25) is 23.9 Å². The van der Waals surface area contributed by atoms with E-state index in [4.69, 9.17) is 17.3 Å². The third-order valence-corrected chi connectivity index (χ3v) is 7.41. The van der Waals surface area contributed by atoms with Crippen LogP contribution in [0.25, 0.3) is 6.08 Å². The van der Waals surface area contributed by atoms with Crippen molar-refractivity contribution in [2.75, 3.05) is 24.5 Å². The normalized spacial score (nSPS) is 22.2. The van der Waals surface area contributed by atoms with E-state index in [0.29, 0.717) is 44.6 Å². The van der Waals surface area contributed by atoms with Crippen molar-refractivity contribution in [3.63, 3.8) is 0 Å². The number of rotatable bonds is 6. The van der Waals surface area contributed by atoms with Crippen LogP contribution in [0.3, 0.4) is 0 Å². The number of carbonyl (C=O) groups excluding carboxylic acids is 1. The molecule has 2 aliphatic rings. The molecular formula is C23H28N4O4S2. The Kier molecular flexibility index (Phi) is 7.65. The smallest absolute Gasteiger partial charge is 0.305 e. The van der Waals surface area contributed by atoms with Gasteiger partial charge in [0.15, 0.2) is 0 Å². The van der Waals surface area contributed by atoms with Gasteiger partial charge in [0.2, 0.25) is 0 Å². The molecule has 1 amide bonds. The van der Waals surface area contributed by atoms with Gasteiger partial charge in [-0.15, -0.1) is 0 Å². The molecule has 2 fully saturated rings. The van der Waals surface area contributed by atoms with E-state index in [1.54, 1.807) is 17.6 Å². The third kappa shape index (κ3) is 4.99. The van der Waals surface area contributed by atoms with E-state index in [1.807, 2.05) is 13.0 Å². The number of amides is 1. The zero-order valence-electron chi connectivity index (χ0n) is 19.3. The Morgan fingerprint density at radius 3 is 2.48 bits per heavy atom. The lowest BCUT2D eigenvalue weighted by Gasteiger charge is -2.38. The standard InChI is InChI=1S/C23H28N4O4S2/c1-5-26-20(25-11-13(2)8-14(3)12-25)16(15(4)17(10-24)21(26)30)9-18-22(31)27(23(32)33-18)7-6-19(28)29/h9,13-14H,5-8,11-12H2,1-4H3,(H,28,29)/b18-9-. The van der Waals surface area contributed by atoms with Crippen LogP contribution in [0.2, 0.25) is 0 Å². The van der Waals surface area contributed by atoms with Crippen LogP contribution in [0, 0.1) is 30.1 Å². The van der Waals surface area contributed by atoms with Crippen molar-refractivity contribution in [1.82, 2.24) is 9.47 Å². The summed E-state index contributed by atoms with van der Waals surface area (Å²) in [6.45, 7) is 9.91. The van der Waals surface area contributed by atoms with E-state index in [1.165, 1.54) is 4.90 Å². The molecular weight excluding hydrogens is 460 g/mol. The average molecular weight is 489 g/mol. The summed E-state index contributed by atoms with van der Waals surface area (Å²) in [6, 6.07) is 2.04. The first-order chi connectivity index (χ1) is 15.6. The maximum Gasteiger partial charge on any atom is 0.305 e. The molecule has 0 spiro atoms. The maximum atomic E-state index is 13.1. The van der Waals surface area contributed by atoms with Crippen molar-refractivity contribution >= 4 is 52.1 Å². The number of nitrogens with zero attached hydrogens (tertiary/aromatic N) is 4. The molecule has 3 rings (SSSR count). The van der Waals surface area contributed by atoms with Crippen LogP contribution in [0.5, 0.6) is 0 Å². The summed E-state index contributed by atoms with van der Waals surface area (Å²) in [5.41, 5.74) is 0.924. The molecule has 1 aromatic heterocycles. The average Bonchev–Trinajstić information content (AvgIpc) is 3.00. The number of anilines is 1. The van der Waals surface area contributed by atoms with Crippen LogP contribution >= 0.6 is 24.0 Å². The van der Waals surface area contributed by atoms with Crippen LogP contribution in [0.4, 0.5) is 5.82 Å². The van der Waals surface area contributed by atoms with Gasteiger partial charge in [0.1, 0.15) is 21.8 Å². The minimum absolute atomic E-state index is 0.00222. The predicted molar refractivity (Wildman–Crippen MR) is 133 cm³/mol. The molecule has 1 aromatic rings. The highest BCUT2D eigenvalue weighted by molar-refractivity contribution is 8.26. The van der Waals surface area contributed by atoms with E-state index in [2.05, 4.69) is 18.7 Å². The Bertz CT molecular complexity index is 1120. The molecule has 0 bridgehead atoms. The summed E-state index contributed by atoms with van der Waals surface area (Å²) in [5, 5.41) is 18.7. The molecule has 1 N–H and O–H groups in total. The third-order valence-electron chi connectivity index (χ3n) is 6.03. The molecule has 0 aliphatic carbocycles. The highest BCUT2D eigenvalue weighted by Crippen LogP contribution is 2.37. The first-order valence-corrected chi connectivity index (χ1v) is 12.2. The number of carboxylic acids is 1. The number of thioether (sulfide) groups is 1. The Morgan fingerprint density at radius 1 is 1.30 bits per heavy atom. The van der Waals surface area contributed by atoms with Gasteiger partial charge >= 0.3 is 5.97 Å². The number of aromatic nitrogens is 1. The fourth-order valence-electron chi connectivity index (χ4n) is 4.65. The SMILES string of the molecule is CCn1c(N2CC(C)CC(C)C2)c(/C=C2\SC(=S)N(CCC(=O)O)C2=O)c(C)c(C#N)c1=O. The van der Waals surface area contributed by atoms with Gasteiger partial charge in [0.25, 0.3) is 11.5 Å². The Labute approximate surface area is 202 Å². The zero-order chi connectivity index (χ0) is 24.4. The second-order valence-electron chi connectivity index (χ2n) is 8.73. The number of piperidine rings is 1. The fraction of sp³-hybridized carbons (Fsp3) is 0.522. The summed E-state index contributed by atoms with van der Waals surface area (Å²) in [5.74, 6) is 0.227. The number of hydrogen-bond donors (Lipinski definition) is 1. The van der Waals surface area contributed by atoms with E-state index in [0.717, 1.165) is 31.3 Å². The monoisotopic (exact) mass is 488 g/mol. The number of thiocarbonyl (C=S) groups is 1. The highest BCUT2D eigenvalue weighted by atomic mass is 32.2. The van der Waals surface area contributed by atoms with Crippen LogP contribution in [0.15, 0.2) is 9.70 Å². The molecule has 176 valence electrons. The van der Waals surface area contributed by atoms with Gasteiger partial charge in [0.05, 0.1) is 11.3 Å². The largest absolute Gasteiger partial charge is 0.481 e. The summed E-state index contributed by atoms with van der Waals surface area (Å²) in [4.78, 5) is 40.9. The second kappa shape index (κ2) is 10.1. The lowest BCUT2D eigenvalue weighted by molar-refractivity contribution is -0.137. The van der Waals surface area contributed by atoms with Crippen molar-refractivity contribution in [2.45, 2.75) is 47.1 Å². The van der Waals surface area contributed by atoms with Crippen molar-refractivity contribution in [2.24, 2.45) is 11.8 Å². The first-order valence-electron chi connectivity index (χ1n) is 11.0. The van der Waals surface area contributed by atoms with E-state index >= 15 is 0 Å². The van der Waals surface area contributed by atoms with E-state index < -0.39 is 5.97 Å². The van der Waals surface area contributed by atoms with Crippen molar-refractivity contribution < 1.29 is 14.7 Å². The molecule has 3 heterocycles. The molecule has 33 heavy (non-hydrogen) atoms. The molecule has 0 saturated carbocycles. The van der Waals surface area contributed by atoms with Crippen molar-refractivity contribution in [3.05, 3.63) is 31.9 Å². The van der Waals surface area contributed by atoms with Gasteiger partial charge in [-0.1, -0.05) is 37.8 Å². The van der Waals surface area contributed by atoms with Gasteiger partial charge in [-0.25, -0.2) is 0 Å². The number of aliphatic carboxylic acids is 1. The number of carbonyl (C=O) groups is 2. The number of hydrogen-bond acceptors (Lipinski definition) is 7. The topological polar surface area (TPSA) is 107 Å². The molecule has 2 aliphatic heterocycles. The molecule has 10 heteroatoms. The number of carboxylic acid groups (broad SMARTS) is 1. The zero-order valence-corrected chi connectivity index (χ0v) is 20.9. The first kappa shape index (κ1) is 25.0. The lowest BCUT2D eigenvalue weighted by Crippen LogP contribution is -2.42. The van der Waals surface area contributed by atoms with E-state index in [-0.39, 0.29) is 30.0 Å². The van der Waals surface area contributed by atoms with Crippen LogP contribution in [-0.4, -0.2) is 50.4 Å². The molecule has 2 atom stereocenters. The van der Waals surface area contributed by atoms with Crippen molar-refractivity contribution in [1.29, 1.82) is 5.26 Å². The van der Waals surface area contributed by atoms with Crippen LogP contribution in [-0.2, 0) is 16.1 Å². The number of pyridine rings is 1. The molecule has 8 nitrogen and oxygen atoms in total. The van der Waals surface area contributed by atoms with Crippen LogP contribution in [0.1, 0.15) is 50.3 Å².